The van der Waals surface area contributed by atoms with Gasteiger partial charge in [-0.15, -0.1) is 29.1 Å². The van der Waals surface area contributed by atoms with Gasteiger partial charge in [0.25, 0.3) is 0 Å². The fourth-order valence-electron chi connectivity index (χ4n) is 7.90. The average Bonchev–Trinajstić information content (AvgIpc) is 3.36. The zero-order valence-corrected chi connectivity index (χ0v) is 37.3. The van der Waals surface area contributed by atoms with E-state index in [1.165, 1.54) is 28.2 Å². The van der Waals surface area contributed by atoms with E-state index < -0.39 is 0 Å². The van der Waals surface area contributed by atoms with Gasteiger partial charge in [0.1, 0.15) is 23.0 Å². The summed E-state index contributed by atoms with van der Waals surface area (Å²) in [6, 6.07) is 18.9. The molecule has 0 aliphatic carbocycles. The number of aliphatic hydroxyl groups excluding tert-OH is 1. The van der Waals surface area contributed by atoms with Gasteiger partial charge in [0.05, 0.1) is 11.5 Å². The topological polar surface area (TPSA) is 76.2 Å². The Kier molecular flexibility index (Phi) is 14.5. The predicted octanol–water partition coefficient (Wildman–Crippen LogP) is 13.0. The first kappa shape index (κ1) is 44.1. The Balaban J connectivity index is 0.000000327. The molecule has 0 unspecified atom stereocenters. The summed E-state index contributed by atoms with van der Waals surface area (Å²) in [5.74, 6) is 1.63. The number of hydrogen-bond acceptors (Lipinski definition) is 5. The van der Waals surface area contributed by atoms with Crippen molar-refractivity contribution in [1.82, 2.24) is 9.97 Å². The van der Waals surface area contributed by atoms with E-state index in [-0.39, 0.29) is 54.3 Å². The number of hydrogen-bond donors (Lipinski definition) is 1. The molecule has 6 heteroatoms. The monoisotopic (exact) mass is 896 g/mol. The summed E-state index contributed by atoms with van der Waals surface area (Å²) in [6.07, 6.45) is 4.11. The van der Waals surface area contributed by atoms with Crippen LogP contribution in [0.2, 0.25) is 0 Å². The van der Waals surface area contributed by atoms with Crippen LogP contribution in [0.25, 0.3) is 44.1 Å². The molecule has 53 heavy (non-hydrogen) atoms. The van der Waals surface area contributed by atoms with Crippen LogP contribution >= 0.6 is 0 Å². The first-order chi connectivity index (χ1) is 24.1. The number of benzene rings is 3. The normalized spacial score (nSPS) is 12.9. The number of aromatic nitrogens is 2. The molecule has 5 rings (SSSR count). The molecule has 0 fully saturated rings. The van der Waals surface area contributed by atoms with Gasteiger partial charge in [-0.05, 0) is 65.5 Å². The van der Waals surface area contributed by atoms with E-state index in [4.69, 9.17) is 4.42 Å². The van der Waals surface area contributed by atoms with Crippen LogP contribution in [-0.4, -0.2) is 20.9 Å². The number of carbonyl (C=O) groups excluding carboxylic acids is 1. The van der Waals surface area contributed by atoms with E-state index in [2.05, 4.69) is 162 Å². The second kappa shape index (κ2) is 17.4. The van der Waals surface area contributed by atoms with Gasteiger partial charge in [0, 0.05) is 43.4 Å². The molecular formula is C47H63IrN2O3-. The quantitative estimate of drug-likeness (QED) is 0.0906. The second-order valence-corrected chi connectivity index (χ2v) is 18.5. The van der Waals surface area contributed by atoms with E-state index in [0.717, 1.165) is 45.1 Å². The van der Waals surface area contributed by atoms with Crippen LogP contribution in [0.5, 0.6) is 0 Å². The summed E-state index contributed by atoms with van der Waals surface area (Å²) < 4.78 is 6.41. The molecule has 0 saturated carbocycles. The molecule has 2 heterocycles. The molecule has 0 bridgehead atoms. The van der Waals surface area contributed by atoms with E-state index in [9.17, 15) is 9.90 Å². The van der Waals surface area contributed by atoms with E-state index in [0.29, 0.717) is 23.7 Å². The summed E-state index contributed by atoms with van der Waals surface area (Å²) in [7, 11) is 0. The predicted molar refractivity (Wildman–Crippen MR) is 220 cm³/mol. The summed E-state index contributed by atoms with van der Waals surface area (Å²) in [5.41, 5.74) is 8.15. The van der Waals surface area contributed by atoms with Crippen LogP contribution in [0.1, 0.15) is 114 Å². The summed E-state index contributed by atoms with van der Waals surface area (Å²) in [4.78, 5) is 21.6. The smallest absolute Gasteiger partial charge is 0.162 e. The number of carbonyl (C=O) groups is 1. The first-order valence-corrected chi connectivity index (χ1v) is 19.2. The largest absolute Gasteiger partial charge is 0.512 e. The van der Waals surface area contributed by atoms with Crippen molar-refractivity contribution < 1.29 is 34.4 Å². The third kappa shape index (κ3) is 10.7. The fraction of sp³-hybridized carbons (Fsp3) is 0.511. The van der Waals surface area contributed by atoms with Gasteiger partial charge in [-0.3, -0.25) is 9.78 Å². The molecule has 3 aromatic carbocycles. The average molecular weight is 896 g/mol. The van der Waals surface area contributed by atoms with Gasteiger partial charge in [-0.1, -0.05) is 132 Å². The second-order valence-electron chi connectivity index (χ2n) is 18.5. The van der Waals surface area contributed by atoms with Crippen molar-refractivity contribution in [2.24, 2.45) is 40.9 Å². The number of ketones is 1. The maximum atomic E-state index is 12.3. The molecule has 2 aromatic heterocycles. The molecule has 5 nitrogen and oxygen atoms in total. The van der Waals surface area contributed by atoms with Crippen molar-refractivity contribution >= 4 is 38.6 Å². The van der Waals surface area contributed by atoms with E-state index >= 15 is 0 Å². The third-order valence-corrected chi connectivity index (χ3v) is 9.97. The minimum atomic E-state index is -0.0146. The molecular weight excluding hydrogens is 833 g/mol. The van der Waals surface area contributed by atoms with Crippen molar-refractivity contribution in [2.45, 2.75) is 116 Å². The van der Waals surface area contributed by atoms with Crippen LogP contribution in [0.15, 0.2) is 65.0 Å². The number of rotatable bonds is 9. The van der Waals surface area contributed by atoms with Crippen LogP contribution < -0.4 is 0 Å². The van der Waals surface area contributed by atoms with E-state index in [1.807, 2.05) is 0 Å². The van der Waals surface area contributed by atoms with E-state index in [1.54, 1.807) is 6.33 Å². The third-order valence-electron chi connectivity index (χ3n) is 9.97. The molecule has 0 spiro atoms. The number of nitrogens with zero attached hydrogens (tertiary/aromatic N) is 2. The molecule has 0 atom stereocenters. The van der Waals surface area contributed by atoms with Crippen LogP contribution in [0, 0.1) is 53.9 Å². The minimum absolute atomic E-state index is 0. The van der Waals surface area contributed by atoms with Crippen LogP contribution in [0.4, 0.5) is 0 Å². The number of aryl methyl sites for hydroxylation is 1. The minimum Gasteiger partial charge on any atom is -0.512 e. The maximum Gasteiger partial charge on any atom is 0.162 e. The number of allylic oxidation sites excluding steroid dienone is 2. The van der Waals surface area contributed by atoms with Crippen molar-refractivity contribution in [1.29, 1.82) is 0 Å². The molecule has 1 N–H and O–H groups in total. The first-order valence-electron chi connectivity index (χ1n) is 19.2. The van der Waals surface area contributed by atoms with Gasteiger partial charge in [-0.2, -0.15) is 0 Å². The zero-order valence-electron chi connectivity index (χ0n) is 34.9. The summed E-state index contributed by atoms with van der Waals surface area (Å²) in [5, 5.41) is 13.6. The van der Waals surface area contributed by atoms with Crippen LogP contribution in [-0.2, 0) is 36.7 Å². The van der Waals surface area contributed by atoms with Gasteiger partial charge in [0.2, 0.25) is 0 Å². The Hall–Kier alpha value is -3.34. The zero-order chi connectivity index (χ0) is 38.9. The van der Waals surface area contributed by atoms with Gasteiger partial charge in [-0.25, -0.2) is 4.98 Å². The molecule has 289 valence electrons. The van der Waals surface area contributed by atoms with Crippen molar-refractivity contribution in [2.75, 3.05) is 0 Å². The molecule has 1 radical (unpaired) electrons. The van der Waals surface area contributed by atoms with Gasteiger partial charge >= 0.3 is 0 Å². The number of aliphatic hydroxyl groups is 1. The molecule has 0 aliphatic heterocycles. The SMILES string of the molecule is CC(C)C(C(=O)/C=C(\O)C(C(C)C)C(C)C)C(C)C.Cc1ccc2c(C(C)(C)C)cc(-c3ncnc4c3oc3cc(CC(C)(C)C)ccc34)[c-]c2c1.[Ir]. The number of furan rings is 1. The Morgan fingerprint density at radius 1 is 0.811 bits per heavy atom. The molecule has 0 amide bonds. The maximum absolute atomic E-state index is 12.3. The molecule has 0 aliphatic rings. The Labute approximate surface area is 332 Å². The Morgan fingerprint density at radius 3 is 1.94 bits per heavy atom. The summed E-state index contributed by atoms with van der Waals surface area (Å²) in [6.45, 7) is 32.2. The Bertz CT molecular complexity index is 2040. The van der Waals surface area contributed by atoms with Crippen molar-refractivity contribution in [3.63, 3.8) is 0 Å². The number of fused-ring (bicyclic) bond motifs is 4. The summed E-state index contributed by atoms with van der Waals surface area (Å²) >= 11 is 0. The van der Waals surface area contributed by atoms with Crippen molar-refractivity contribution in [3.8, 4) is 11.3 Å². The van der Waals surface area contributed by atoms with Crippen LogP contribution in [0.3, 0.4) is 0 Å². The fourth-order valence-corrected chi connectivity index (χ4v) is 7.90. The Morgan fingerprint density at radius 2 is 1.40 bits per heavy atom. The molecule has 0 saturated heterocycles. The van der Waals surface area contributed by atoms with Gasteiger partial charge < -0.3 is 9.52 Å². The van der Waals surface area contributed by atoms with Crippen molar-refractivity contribution in [3.05, 3.63) is 83.4 Å². The molecule has 5 aromatic rings. The standard InChI is InChI=1S/C30H31N2O.C17H32O2.Ir/c1-18-8-10-22-20(12-18)14-21(15-24(22)30(5,6)7)26-28-27(32-17-31-26)23-11-9-19(13-25(23)33-28)16-29(2,3)4;1-10(2)16(11(3)4)14(18)9-15(19)17(12(5)6)13(7)8;/h8-13,15,17H,16H2,1-7H3;9-13,16-18H,1-8H3;/q-1;;/b;14-9-;. The van der Waals surface area contributed by atoms with Gasteiger partial charge in [0.15, 0.2) is 5.78 Å².